The number of carbonyl (C=O) groups excluding carboxylic acids is 2. The van der Waals surface area contributed by atoms with Crippen molar-refractivity contribution in [3.8, 4) is 11.3 Å². The molecule has 5 nitrogen and oxygen atoms in total. The van der Waals surface area contributed by atoms with E-state index in [0.29, 0.717) is 48.8 Å². The molecule has 30 heavy (non-hydrogen) atoms. The van der Waals surface area contributed by atoms with Crippen molar-refractivity contribution < 1.29 is 18.4 Å². The van der Waals surface area contributed by atoms with Gasteiger partial charge in [-0.1, -0.05) is 30.3 Å². The third kappa shape index (κ3) is 4.33. The van der Waals surface area contributed by atoms with Crippen LogP contribution in [0, 0.1) is 5.82 Å². The molecule has 6 heteroatoms. The SMILES string of the molecule is O=C(/C=C/c1ccc(-c2ccccc2F)o1)N1CCN(C(=O)c2ccccc2)CC1. The molecule has 0 aliphatic carbocycles. The van der Waals surface area contributed by atoms with Crippen molar-refractivity contribution in [1.82, 2.24) is 9.80 Å². The number of hydrogen-bond donors (Lipinski definition) is 0. The van der Waals surface area contributed by atoms with Crippen molar-refractivity contribution in [3.63, 3.8) is 0 Å². The minimum atomic E-state index is -0.360. The molecule has 1 aliphatic heterocycles. The zero-order valence-corrected chi connectivity index (χ0v) is 16.3. The van der Waals surface area contributed by atoms with Crippen molar-refractivity contribution in [2.75, 3.05) is 26.2 Å². The number of rotatable bonds is 4. The maximum Gasteiger partial charge on any atom is 0.253 e. The molecule has 1 fully saturated rings. The van der Waals surface area contributed by atoms with Gasteiger partial charge in [0.05, 0.1) is 5.56 Å². The Balaban J connectivity index is 1.34. The number of piperazine rings is 1. The highest BCUT2D eigenvalue weighted by atomic mass is 19.1. The van der Waals surface area contributed by atoms with Crippen LogP contribution in [0.3, 0.4) is 0 Å². The molecule has 0 spiro atoms. The van der Waals surface area contributed by atoms with Crippen molar-refractivity contribution in [2.24, 2.45) is 0 Å². The lowest BCUT2D eigenvalue weighted by Gasteiger charge is -2.34. The van der Waals surface area contributed by atoms with Gasteiger partial charge in [0.15, 0.2) is 0 Å². The summed E-state index contributed by atoms with van der Waals surface area (Å²) < 4.78 is 19.5. The zero-order valence-electron chi connectivity index (χ0n) is 16.3. The summed E-state index contributed by atoms with van der Waals surface area (Å²) in [4.78, 5) is 28.4. The molecule has 4 rings (SSSR count). The Bertz CT molecular complexity index is 1070. The van der Waals surface area contributed by atoms with Gasteiger partial charge in [0.25, 0.3) is 5.91 Å². The summed E-state index contributed by atoms with van der Waals surface area (Å²) in [6.07, 6.45) is 3.02. The average Bonchev–Trinajstić information content (AvgIpc) is 3.27. The van der Waals surface area contributed by atoms with E-state index in [4.69, 9.17) is 4.42 Å². The summed E-state index contributed by atoms with van der Waals surface area (Å²) in [6.45, 7) is 1.93. The first-order valence-electron chi connectivity index (χ1n) is 9.78. The predicted octanol–water partition coefficient (Wildman–Crippen LogP) is 4.08. The summed E-state index contributed by atoms with van der Waals surface area (Å²) >= 11 is 0. The molecule has 0 bridgehead atoms. The molecule has 3 aromatic rings. The minimum absolute atomic E-state index is 0.0190. The molecule has 0 radical (unpaired) electrons. The molecule has 0 atom stereocenters. The quantitative estimate of drug-likeness (QED) is 0.616. The monoisotopic (exact) mass is 404 g/mol. The fourth-order valence-electron chi connectivity index (χ4n) is 3.40. The lowest BCUT2D eigenvalue weighted by atomic mass is 10.1. The lowest BCUT2D eigenvalue weighted by molar-refractivity contribution is -0.127. The average molecular weight is 404 g/mol. The minimum Gasteiger partial charge on any atom is -0.457 e. The van der Waals surface area contributed by atoms with E-state index in [2.05, 4.69) is 0 Å². The molecule has 1 saturated heterocycles. The molecule has 2 aromatic carbocycles. The van der Waals surface area contributed by atoms with Gasteiger partial charge in [0.2, 0.25) is 5.91 Å². The van der Waals surface area contributed by atoms with Gasteiger partial charge in [-0.15, -0.1) is 0 Å². The Labute approximate surface area is 174 Å². The number of benzene rings is 2. The van der Waals surface area contributed by atoms with E-state index in [0.717, 1.165) is 0 Å². The van der Waals surface area contributed by atoms with Crippen LogP contribution in [0.4, 0.5) is 4.39 Å². The first-order valence-corrected chi connectivity index (χ1v) is 9.78. The van der Waals surface area contributed by atoms with Crippen LogP contribution in [0.5, 0.6) is 0 Å². The Morgan fingerprint density at radius 1 is 0.833 bits per heavy atom. The van der Waals surface area contributed by atoms with E-state index in [-0.39, 0.29) is 17.6 Å². The standard InChI is InChI=1S/C24H21FN2O3/c25-21-9-5-4-8-20(21)22-12-10-19(30-22)11-13-23(28)26-14-16-27(17-15-26)24(29)18-6-2-1-3-7-18/h1-13H,14-17H2/b13-11+. The molecule has 0 unspecified atom stereocenters. The zero-order chi connectivity index (χ0) is 20.9. The summed E-state index contributed by atoms with van der Waals surface area (Å²) in [6, 6.07) is 18.9. The Hall–Kier alpha value is -3.67. The maximum atomic E-state index is 13.9. The van der Waals surface area contributed by atoms with E-state index in [1.54, 1.807) is 58.3 Å². The van der Waals surface area contributed by atoms with Crippen LogP contribution in [0.2, 0.25) is 0 Å². The van der Waals surface area contributed by atoms with E-state index in [1.807, 2.05) is 18.2 Å². The number of hydrogen-bond acceptors (Lipinski definition) is 3. The van der Waals surface area contributed by atoms with E-state index in [1.165, 1.54) is 12.1 Å². The molecular weight excluding hydrogens is 383 g/mol. The molecule has 1 aromatic heterocycles. The largest absolute Gasteiger partial charge is 0.457 e. The smallest absolute Gasteiger partial charge is 0.253 e. The van der Waals surface area contributed by atoms with Crippen molar-refractivity contribution in [1.29, 1.82) is 0 Å². The normalized spacial score (nSPS) is 14.3. The Morgan fingerprint density at radius 2 is 1.50 bits per heavy atom. The summed E-state index contributed by atoms with van der Waals surface area (Å²) in [5.41, 5.74) is 1.03. The predicted molar refractivity (Wildman–Crippen MR) is 112 cm³/mol. The molecular formula is C24H21FN2O3. The molecule has 2 amide bonds. The van der Waals surface area contributed by atoms with Crippen LogP contribution in [0.25, 0.3) is 17.4 Å². The number of amides is 2. The first kappa shape index (κ1) is 19.6. The van der Waals surface area contributed by atoms with Gasteiger partial charge in [0, 0.05) is 37.8 Å². The van der Waals surface area contributed by atoms with E-state index in [9.17, 15) is 14.0 Å². The number of carbonyl (C=O) groups is 2. The van der Waals surface area contributed by atoms with Gasteiger partial charge < -0.3 is 14.2 Å². The molecule has 0 N–H and O–H groups in total. The summed E-state index contributed by atoms with van der Waals surface area (Å²) in [5.74, 6) is 0.356. The van der Waals surface area contributed by atoms with Gasteiger partial charge in [0.1, 0.15) is 17.3 Å². The van der Waals surface area contributed by atoms with Gasteiger partial charge >= 0.3 is 0 Å². The molecule has 2 heterocycles. The van der Waals surface area contributed by atoms with Crippen LogP contribution < -0.4 is 0 Å². The van der Waals surface area contributed by atoms with E-state index < -0.39 is 0 Å². The van der Waals surface area contributed by atoms with Crippen LogP contribution in [0.15, 0.2) is 77.2 Å². The highest BCUT2D eigenvalue weighted by Gasteiger charge is 2.23. The van der Waals surface area contributed by atoms with Crippen LogP contribution in [-0.4, -0.2) is 47.8 Å². The molecule has 1 aliphatic rings. The van der Waals surface area contributed by atoms with Gasteiger partial charge in [-0.3, -0.25) is 9.59 Å². The summed E-state index contributed by atoms with van der Waals surface area (Å²) in [7, 11) is 0. The van der Waals surface area contributed by atoms with E-state index >= 15 is 0 Å². The Kier molecular flexibility index (Phi) is 5.75. The van der Waals surface area contributed by atoms with Gasteiger partial charge in [-0.25, -0.2) is 4.39 Å². The topological polar surface area (TPSA) is 53.8 Å². The first-order chi connectivity index (χ1) is 14.6. The highest BCUT2D eigenvalue weighted by Crippen LogP contribution is 2.25. The second-order valence-electron chi connectivity index (χ2n) is 7.00. The third-order valence-corrected chi connectivity index (χ3v) is 5.06. The fraction of sp³-hybridized carbons (Fsp3) is 0.167. The molecule has 152 valence electrons. The van der Waals surface area contributed by atoms with Gasteiger partial charge in [-0.2, -0.15) is 0 Å². The van der Waals surface area contributed by atoms with Crippen molar-refractivity contribution in [3.05, 3.63) is 89.9 Å². The fourth-order valence-corrected chi connectivity index (χ4v) is 3.40. The Morgan fingerprint density at radius 3 is 2.23 bits per heavy atom. The highest BCUT2D eigenvalue weighted by molar-refractivity contribution is 5.95. The maximum absolute atomic E-state index is 13.9. The van der Waals surface area contributed by atoms with Gasteiger partial charge in [-0.05, 0) is 42.5 Å². The van der Waals surface area contributed by atoms with Crippen LogP contribution in [0.1, 0.15) is 16.1 Å². The van der Waals surface area contributed by atoms with Crippen molar-refractivity contribution >= 4 is 17.9 Å². The second kappa shape index (κ2) is 8.78. The molecule has 0 saturated carbocycles. The lowest BCUT2D eigenvalue weighted by Crippen LogP contribution is -2.50. The second-order valence-corrected chi connectivity index (χ2v) is 7.00. The number of furan rings is 1. The van der Waals surface area contributed by atoms with Crippen LogP contribution in [-0.2, 0) is 4.79 Å². The summed E-state index contributed by atoms with van der Waals surface area (Å²) in [5, 5.41) is 0. The third-order valence-electron chi connectivity index (χ3n) is 5.06. The number of halogens is 1. The van der Waals surface area contributed by atoms with Crippen LogP contribution >= 0.6 is 0 Å². The number of nitrogens with zero attached hydrogens (tertiary/aromatic N) is 2. The van der Waals surface area contributed by atoms with Crippen molar-refractivity contribution in [2.45, 2.75) is 0 Å².